The van der Waals surface area contributed by atoms with E-state index in [1.807, 2.05) is 6.92 Å². The number of phosphoric acid groups is 2. The van der Waals surface area contributed by atoms with Gasteiger partial charge in [-0.25, -0.2) is 0 Å². The van der Waals surface area contributed by atoms with Crippen molar-refractivity contribution in [2.75, 3.05) is 6.61 Å². The van der Waals surface area contributed by atoms with E-state index in [1.54, 1.807) is 6.08 Å². The topological polar surface area (TPSA) is 122 Å². The number of allylic oxidation sites excluding steroid dienone is 3. The maximum absolute atomic E-state index is 11.3. The van der Waals surface area contributed by atoms with E-state index in [9.17, 15) is 23.8 Å². The van der Waals surface area contributed by atoms with Crippen LogP contribution >= 0.6 is 15.6 Å². The number of phosphoric ester groups is 1. The van der Waals surface area contributed by atoms with Gasteiger partial charge in [0.2, 0.25) is 0 Å². The molecule has 0 aromatic carbocycles. The second-order valence-corrected chi connectivity index (χ2v) is 11.9. The van der Waals surface area contributed by atoms with Gasteiger partial charge in [0.25, 0.3) is 7.82 Å². The van der Waals surface area contributed by atoms with Crippen LogP contribution < -0.4 is 14.7 Å². The number of hydrogen-bond donors (Lipinski definition) is 0. The average Bonchev–Trinajstić information content (AvgIpc) is 2.57. The summed E-state index contributed by atoms with van der Waals surface area (Å²) in [5, 5.41) is 0. The van der Waals surface area contributed by atoms with E-state index < -0.39 is 15.6 Å². The van der Waals surface area contributed by atoms with E-state index in [-0.39, 0.29) is 17.4 Å². The van der Waals surface area contributed by atoms with Crippen LogP contribution in [0.5, 0.6) is 0 Å². The van der Waals surface area contributed by atoms with Crippen LogP contribution in [0.2, 0.25) is 0 Å². The number of fused-ring (bicyclic) bond motifs is 1. The molecule has 168 valence electrons. The standard InChI is InChI=1S/C20H36O7P2/c1-15(11-14-26-29(24,25)27-28(21,22)23)9-12-19(4)17(3)10-13-20(5)16(2)7-6-8-18(19)20/h7,11,17-18H,6,8-10,12-14H2,1-5H3,(H,24,25)(H2,21,22,23)/p-3/b15-11+/t17-,18-,19+,20+/m0/s1. The molecule has 0 aromatic rings. The van der Waals surface area contributed by atoms with E-state index in [0.717, 1.165) is 24.8 Å². The lowest BCUT2D eigenvalue weighted by Gasteiger charge is -2.58. The molecule has 0 bridgehead atoms. The summed E-state index contributed by atoms with van der Waals surface area (Å²) in [6, 6.07) is 0. The third kappa shape index (κ3) is 6.13. The minimum Gasteiger partial charge on any atom is -0.790 e. The summed E-state index contributed by atoms with van der Waals surface area (Å²) in [6.07, 6.45) is 10.5. The highest BCUT2D eigenvalue weighted by Crippen LogP contribution is 2.61. The van der Waals surface area contributed by atoms with E-state index in [2.05, 4.69) is 42.6 Å². The fourth-order valence-electron chi connectivity index (χ4n) is 5.32. The summed E-state index contributed by atoms with van der Waals surface area (Å²) in [5.74, 6) is 1.22. The van der Waals surface area contributed by atoms with Gasteiger partial charge in [-0.15, -0.1) is 0 Å². The van der Waals surface area contributed by atoms with Gasteiger partial charge in [-0.05, 0) is 75.0 Å². The lowest BCUT2D eigenvalue weighted by Crippen LogP contribution is -2.49. The molecule has 0 radical (unpaired) electrons. The zero-order valence-corrected chi connectivity index (χ0v) is 19.8. The fraction of sp³-hybridized carbons (Fsp3) is 0.800. The molecule has 2 aliphatic rings. The molecule has 0 aliphatic heterocycles. The second-order valence-electron chi connectivity index (χ2n) is 9.20. The molecular formula is C20H33O7P2-3. The summed E-state index contributed by atoms with van der Waals surface area (Å²) in [6.45, 7) is 10.9. The van der Waals surface area contributed by atoms with Crippen LogP contribution in [0.3, 0.4) is 0 Å². The van der Waals surface area contributed by atoms with Crippen molar-refractivity contribution in [3.05, 3.63) is 23.3 Å². The van der Waals surface area contributed by atoms with E-state index in [4.69, 9.17) is 0 Å². The molecule has 5 atom stereocenters. The molecule has 0 aromatic heterocycles. The number of hydrogen-bond acceptors (Lipinski definition) is 7. The first-order chi connectivity index (χ1) is 13.2. The van der Waals surface area contributed by atoms with Crippen LogP contribution in [-0.2, 0) is 18.0 Å². The van der Waals surface area contributed by atoms with Gasteiger partial charge in [-0.1, -0.05) is 44.1 Å². The molecule has 0 heterocycles. The minimum atomic E-state index is -5.65. The first-order valence-corrected chi connectivity index (χ1v) is 13.1. The van der Waals surface area contributed by atoms with Crippen LogP contribution in [0.15, 0.2) is 23.3 Å². The third-order valence-corrected chi connectivity index (χ3v) is 9.58. The average molecular weight is 447 g/mol. The molecule has 29 heavy (non-hydrogen) atoms. The highest BCUT2D eigenvalue weighted by molar-refractivity contribution is 7.58. The molecule has 9 heteroatoms. The van der Waals surface area contributed by atoms with E-state index in [1.165, 1.54) is 24.8 Å². The zero-order valence-electron chi connectivity index (χ0n) is 18.0. The highest BCUT2D eigenvalue weighted by atomic mass is 31.3. The monoisotopic (exact) mass is 447 g/mol. The summed E-state index contributed by atoms with van der Waals surface area (Å²) >= 11 is 0. The third-order valence-electron chi connectivity index (χ3n) is 7.52. The van der Waals surface area contributed by atoms with Crippen LogP contribution in [0, 0.1) is 22.7 Å². The largest absolute Gasteiger partial charge is 0.790 e. The van der Waals surface area contributed by atoms with Crippen molar-refractivity contribution in [3.63, 3.8) is 0 Å². The van der Waals surface area contributed by atoms with Crippen molar-refractivity contribution in [1.29, 1.82) is 0 Å². The molecule has 1 saturated carbocycles. The predicted molar refractivity (Wildman–Crippen MR) is 106 cm³/mol. The Bertz CT molecular complexity index is 756. The second kappa shape index (κ2) is 9.08. The zero-order chi connectivity index (χ0) is 22.1. The Morgan fingerprint density at radius 2 is 1.93 bits per heavy atom. The van der Waals surface area contributed by atoms with Crippen LogP contribution in [0.25, 0.3) is 0 Å². The normalized spacial score (nSPS) is 35.6. The van der Waals surface area contributed by atoms with Crippen molar-refractivity contribution < 1.29 is 32.6 Å². The van der Waals surface area contributed by atoms with Gasteiger partial charge < -0.3 is 23.8 Å². The van der Waals surface area contributed by atoms with Crippen molar-refractivity contribution in [2.24, 2.45) is 22.7 Å². The predicted octanol–water partition coefficient (Wildman–Crippen LogP) is 3.84. The van der Waals surface area contributed by atoms with Crippen LogP contribution in [0.1, 0.15) is 73.1 Å². The first kappa shape index (κ1) is 25.0. The molecule has 0 spiro atoms. The van der Waals surface area contributed by atoms with Gasteiger partial charge in [-0.2, -0.15) is 0 Å². The molecule has 1 unspecified atom stereocenters. The molecule has 2 rings (SSSR count). The Balaban J connectivity index is 2.00. The van der Waals surface area contributed by atoms with Gasteiger partial charge in [-0.3, -0.25) is 8.88 Å². The Morgan fingerprint density at radius 3 is 2.55 bits per heavy atom. The van der Waals surface area contributed by atoms with Gasteiger partial charge in [0, 0.05) is 0 Å². The van der Waals surface area contributed by atoms with Gasteiger partial charge >= 0.3 is 0 Å². The Morgan fingerprint density at radius 1 is 1.28 bits per heavy atom. The summed E-state index contributed by atoms with van der Waals surface area (Å²) < 4.78 is 29.7. The van der Waals surface area contributed by atoms with Gasteiger partial charge in [0.05, 0.1) is 14.4 Å². The Hall–Kier alpha value is -0.260. The smallest absolute Gasteiger partial charge is 0.272 e. The van der Waals surface area contributed by atoms with Crippen LogP contribution in [0.4, 0.5) is 0 Å². The van der Waals surface area contributed by atoms with Crippen molar-refractivity contribution in [2.45, 2.75) is 73.1 Å². The Kier molecular flexibility index (Phi) is 7.83. The van der Waals surface area contributed by atoms with Gasteiger partial charge in [0.15, 0.2) is 0 Å². The lowest BCUT2D eigenvalue weighted by atomic mass is 9.47. The van der Waals surface area contributed by atoms with Gasteiger partial charge in [0.1, 0.15) is 0 Å². The van der Waals surface area contributed by atoms with Crippen molar-refractivity contribution in [3.8, 4) is 0 Å². The molecule has 0 N–H and O–H groups in total. The lowest BCUT2D eigenvalue weighted by molar-refractivity contribution is -0.339. The molecule has 0 saturated heterocycles. The Labute approximate surface area is 174 Å². The minimum absolute atomic E-state index is 0.188. The first-order valence-electron chi connectivity index (χ1n) is 10.2. The summed E-state index contributed by atoms with van der Waals surface area (Å²) in [4.78, 5) is 32.2. The maximum atomic E-state index is 11.3. The summed E-state index contributed by atoms with van der Waals surface area (Å²) in [7, 11) is -10.8. The quantitative estimate of drug-likeness (QED) is 0.409. The molecule has 2 aliphatic carbocycles. The SMILES string of the molecule is CC1=CCC[C@H]2[C@](C)(CC/C(C)=C/COP(=O)([O-])OP(=O)([O-])[O-])[C@@H](C)CC[C@]12C. The molecular weight excluding hydrogens is 414 g/mol. The number of rotatable bonds is 8. The highest BCUT2D eigenvalue weighted by Gasteiger charge is 2.52. The van der Waals surface area contributed by atoms with Crippen molar-refractivity contribution >= 4 is 15.6 Å². The molecule has 1 fully saturated rings. The molecule has 7 nitrogen and oxygen atoms in total. The summed E-state index contributed by atoms with van der Waals surface area (Å²) in [5.41, 5.74) is 2.90. The van der Waals surface area contributed by atoms with E-state index in [0.29, 0.717) is 11.8 Å². The van der Waals surface area contributed by atoms with Crippen molar-refractivity contribution in [1.82, 2.24) is 0 Å². The maximum Gasteiger partial charge on any atom is 0.272 e. The van der Waals surface area contributed by atoms with E-state index >= 15 is 0 Å². The van der Waals surface area contributed by atoms with Crippen LogP contribution in [-0.4, -0.2) is 6.61 Å². The fourth-order valence-corrected chi connectivity index (χ4v) is 6.74. The molecule has 0 amide bonds.